The molecule has 0 N–H and O–H groups in total. The van der Waals surface area contributed by atoms with Gasteiger partial charge < -0.3 is 4.90 Å². The summed E-state index contributed by atoms with van der Waals surface area (Å²) in [4.78, 5) is 14.1. The molecule has 1 aliphatic heterocycles. The van der Waals surface area contributed by atoms with Crippen molar-refractivity contribution in [3.63, 3.8) is 0 Å². The monoisotopic (exact) mass is 374 g/mol. The zero-order valence-electron chi connectivity index (χ0n) is 12.7. The highest BCUT2D eigenvalue weighted by molar-refractivity contribution is 7.91. The zero-order chi connectivity index (χ0) is 16.4. The summed E-state index contributed by atoms with van der Waals surface area (Å²) in [6.45, 7) is 1.58. The number of hydrogen-bond donors (Lipinski definition) is 0. The molecule has 0 radical (unpaired) electrons. The van der Waals surface area contributed by atoms with Gasteiger partial charge in [0.1, 0.15) is 4.21 Å². The third-order valence-corrected chi connectivity index (χ3v) is 7.88. The summed E-state index contributed by atoms with van der Waals surface area (Å²) >= 11 is 6.89. The Hall–Kier alpha value is -0.890. The summed E-state index contributed by atoms with van der Waals surface area (Å²) in [6, 6.07) is 3.13. The van der Waals surface area contributed by atoms with Crippen LogP contribution in [0.25, 0.3) is 0 Å². The van der Waals surface area contributed by atoms with Gasteiger partial charge in [0, 0.05) is 32.6 Å². The van der Waals surface area contributed by atoms with Crippen molar-refractivity contribution in [3.8, 4) is 0 Å². The number of halogens is 1. The lowest BCUT2D eigenvalue weighted by atomic mass is 10.0. The number of hydrogen-bond acceptors (Lipinski definition) is 4. The van der Waals surface area contributed by atoms with E-state index in [9.17, 15) is 13.2 Å². The van der Waals surface area contributed by atoms with E-state index in [0.717, 1.165) is 24.2 Å². The van der Waals surface area contributed by atoms with E-state index < -0.39 is 10.0 Å². The van der Waals surface area contributed by atoms with Gasteiger partial charge in [0.15, 0.2) is 0 Å². The molecule has 1 saturated heterocycles. The molecule has 0 saturated carbocycles. The summed E-state index contributed by atoms with van der Waals surface area (Å²) < 4.78 is 27.2. The van der Waals surface area contributed by atoms with Crippen LogP contribution in [0.5, 0.6) is 0 Å². The van der Waals surface area contributed by atoms with Gasteiger partial charge >= 0.3 is 0 Å². The summed E-state index contributed by atoms with van der Waals surface area (Å²) in [7, 11) is -3.49. The minimum atomic E-state index is -3.49. The topological polar surface area (TPSA) is 57.7 Å². The van der Waals surface area contributed by atoms with E-state index in [0.29, 0.717) is 42.9 Å². The fourth-order valence-electron chi connectivity index (χ4n) is 2.96. The Kier molecular flexibility index (Phi) is 5.10. The van der Waals surface area contributed by atoms with E-state index in [1.807, 2.05) is 0 Å². The minimum absolute atomic E-state index is 0.123. The molecule has 0 spiro atoms. The van der Waals surface area contributed by atoms with Crippen LogP contribution in [0.1, 0.15) is 19.3 Å². The van der Waals surface area contributed by atoms with Gasteiger partial charge in [-0.25, -0.2) is 8.42 Å². The lowest BCUT2D eigenvalue weighted by Crippen LogP contribution is -2.50. The Bertz CT molecular complexity index is 706. The number of piperazine rings is 1. The van der Waals surface area contributed by atoms with Crippen molar-refractivity contribution in [1.82, 2.24) is 9.21 Å². The maximum absolute atomic E-state index is 12.5. The molecule has 126 valence electrons. The van der Waals surface area contributed by atoms with Crippen LogP contribution < -0.4 is 0 Å². The maximum Gasteiger partial charge on any atom is 0.252 e. The molecule has 23 heavy (non-hydrogen) atoms. The number of rotatable bonds is 4. The highest BCUT2D eigenvalue weighted by Gasteiger charge is 2.31. The second kappa shape index (κ2) is 6.93. The molecule has 1 aromatic heterocycles. The normalized spacial score (nSPS) is 22.7. The van der Waals surface area contributed by atoms with E-state index in [1.165, 1.54) is 10.4 Å². The summed E-state index contributed by atoms with van der Waals surface area (Å²) in [6.07, 6.45) is 6.85. The Morgan fingerprint density at radius 1 is 1.26 bits per heavy atom. The van der Waals surface area contributed by atoms with Crippen LogP contribution in [-0.4, -0.2) is 49.7 Å². The highest BCUT2D eigenvalue weighted by Crippen LogP contribution is 2.29. The lowest BCUT2D eigenvalue weighted by Gasteiger charge is -2.34. The van der Waals surface area contributed by atoms with E-state index in [-0.39, 0.29) is 10.1 Å². The van der Waals surface area contributed by atoms with Crippen molar-refractivity contribution in [2.45, 2.75) is 23.5 Å². The fraction of sp³-hybridized carbons (Fsp3) is 0.533. The number of carbonyl (C=O) groups is 1. The van der Waals surface area contributed by atoms with Gasteiger partial charge in [0.05, 0.1) is 4.34 Å². The van der Waals surface area contributed by atoms with E-state index >= 15 is 0 Å². The summed E-state index contributed by atoms with van der Waals surface area (Å²) in [5.74, 6) is 0.468. The molecule has 2 aliphatic rings. The molecule has 3 rings (SSSR count). The standard InChI is InChI=1S/C15H19ClN2O3S2/c16-13-5-6-15(22-13)23(20,21)18-9-7-17(8-10-18)14(19)11-12-3-1-2-4-12/h1,3,5-6,12H,2,4,7-11H2/t12-/m0/s1. The van der Waals surface area contributed by atoms with Crippen LogP contribution in [0.4, 0.5) is 0 Å². The maximum atomic E-state index is 12.5. The quantitative estimate of drug-likeness (QED) is 0.761. The van der Waals surface area contributed by atoms with Crippen molar-refractivity contribution >= 4 is 38.9 Å². The molecule has 1 fully saturated rings. The van der Waals surface area contributed by atoms with Crippen molar-refractivity contribution in [1.29, 1.82) is 0 Å². The van der Waals surface area contributed by atoms with E-state index in [1.54, 1.807) is 11.0 Å². The van der Waals surface area contributed by atoms with Gasteiger partial charge in [-0.05, 0) is 30.9 Å². The molecule has 1 atom stereocenters. The average molecular weight is 375 g/mol. The molecule has 5 nitrogen and oxygen atoms in total. The average Bonchev–Trinajstić information content (AvgIpc) is 3.19. The van der Waals surface area contributed by atoms with Crippen LogP contribution in [0.2, 0.25) is 4.34 Å². The molecule has 8 heteroatoms. The first-order chi connectivity index (χ1) is 11.0. The van der Waals surface area contributed by atoms with Crippen LogP contribution in [0.15, 0.2) is 28.5 Å². The van der Waals surface area contributed by atoms with Crippen molar-refractivity contribution in [2.24, 2.45) is 5.92 Å². The largest absolute Gasteiger partial charge is 0.340 e. The number of allylic oxidation sites excluding steroid dienone is 2. The van der Waals surface area contributed by atoms with E-state index in [2.05, 4.69) is 12.2 Å². The molecule has 0 unspecified atom stereocenters. The van der Waals surface area contributed by atoms with Gasteiger partial charge in [0.25, 0.3) is 10.0 Å². The smallest absolute Gasteiger partial charge is 0.252 e. The molecule has 0 bridgehead atoms. The zero-order valence-corrected chi connectivity index (χ0v) is 15.0. The molecule has 0 aromatic carbocycles. The second-order valence-corrected chi connectivity index (χ2v) is 9.69. The Labute approximate surface area is 145 Å². The van der Waals surface area contributed by atoms with Gasteiger partial charge in [-0.3, -0.25) is 4.79 Å². The number of amides is 1. The Morgan fingerprint density at radius 3 is 2.57 bits per heavy atom. The fourth-order valence-corrected chi connectivity index (χ4v) is 6.02. The highest BCUT2D eigenvalue weighted by atomic mass is 35.5. The van der Waals surface area contributed by atoms with Gasteiger partial charge in [-0.1, -0.05) is 23.8 Å². The molecule has 1 aromatic rings. The number of carbonyl (C=O) groups excluding carboxylic acids is 1. The molecule has 1 aliphatic carbocycles. The third-order valence-electron chi connectivity index (χ3n) is 4.28. The van der Waals surface area contributed by atoms with Crippen molar-refractivity contribution in [2.75, 3.05) is 26.2 Å². The van der Waals surface area contributed by atoms with Crippen LogP contribution in [0, 0.1) is 5.92 Å². The van der Waals surface area contributed by atoms with Crippen molar-refractivity contribution < 1.29 is 13.2 Å². The lowest BCUT2D eigenvalue weighted by molar-refractivity contribution is -0.133. The third kappa shape index (κ3) is 3.79. The first-order valence-corrected chi connectivity index (χ1v) is 10.3. The Morgan fingerprint density at radius 2 is 2.00 bits per heavy atom. The molecular formula is C15H19ClN2O3S2. The number of thiophene rings is 1. The number of sulfonamides is 1. The van der Waals surface area contributed by atoms with Crippen LogP contribution >= 0.6 is 22.9 Å². The first-order valence-electron chi connectivity index (χ1n) is 7.67. The molecule has 2 heterocycles. The van der Waals surface area contributed by atoms with Crippen molar-refractivity contribution in [3.05, 3.63) is 28.6 Å². The minimum Gasteiger partial charge on any atom is -0.340 e. The van der Waals surface area contributed by atoms with Gasteiger partial charge in [-0.2, -0.15) is 4.31 Å². The predicted molar refractivity (Wildman–Crippen MR) is 91.1 cm³/mol. The SMILES string of the molecule is O=C(C[C@H]1C=CCC1)N1CCN(S(=O)(=O)c2ccc(Cl)s2)CC1. The molecular weight excluding hydrogens is 356 g/mol. The molecule has 1 amide bonds. The van der Waals surface area contributed by atoms with Gasteiger partial charge in [0.2, 0.25) is 5.91 Å². The number of nitrogens with zero attached hydrogens (tertiary/aromatic N) is 2. The summed E-state index contributed by atoms with van der Waals surface area (Å²) in [5, 5.41) is 0. The van der Waals surface area contributed by atoms with Crippen LogP contribution in [0.3, 0.4) is 0 Å². The van der Waals surface area contributed by atoms with Crippen LogP contribution in [-0.2, 0) is 14.8 Å². The Balaban J connectivity index is 1.57. The first kappa shape index (κ1) is 17.0. The van der Waals surface area contributed by atoms with Gasteiger partial charge in [-0.15, -0.1) is 11.3 Å². The summed E-state index contributed by atoms with van der Waals surface area (Å²) in [5.41, 5.74) is 0. The predicted octanol–water partition coefficient (Wildman–Crippen LogP) is 2.59. The second-order valence-electron chi connectivity index (χ2n) is 5.81. The van der Waals surface area contributed by atoms with E-state index in [4.69, 9.17) is 11.6 Å².